The Kier molecular flexibility index (Phi) is 62.2. The molecule has 0 rings (SSSR count). The number of carbonyl (C=O) groups excluding carboxylic acids is 4. The number of hydrogen-bond donors (Lipinski definition) is 3. The summed E-state index contributed by atoms with van der Waals surface area (Å²) in [5.41, 5.74) is 0. The third-order valence-electron chi connectivity index (χ3n) is 17.1. The number of phosphoric acid groups is 2. The van der Waals surface area contributed by atoms with E-state index in [-0.39, 0.29) is 25.7 Å². The number of unbranched alkanes of at least 4 members (excludes halogenated alkanes) is 37. The fourth-order valence-electron chi connectivity index (χ4n) is 11.2. The average molecular weight is 1370 g/mol. The van der Waals surface area contributed by atoms with Gasteiger partial charge < -0.3 is 33.8 Å². The standard InChI is InChI=1S/C74H144O17P2/c1-64(2)50-42-34-26-18-14-10-9-11-16-20-30-38-46-54-71(76)84-60-69(90-73(78)56-48-40-32-21-17-13-12-15-19-27-35-43-51-65(3)4)62-88-92(80,81)86-58-68(75)59-87-93(82,83)89-63-70(91-74(79)57-49-41-33-25-23-29-37-45-53-67(7)8)61-85-72(77)55-47-39-31-24-22-28-36-44-52-66(5)6/h64-70,75H,9-63H2,1-8H3,(H,80,81)(H,82,83)/t68?,69-,70-/m1/s1. The van der Waals surface area contributed by atoms with Crippen molar-refractivity contribution < 1.29 is 80.2 Å². The van der Waals surface area contributed by atoms with Gasteiger partial charge in [-0.25, -0.2) is 9.13 Å². The predicted octanol–water partition coefficient (Wildman–Crippen LogP) is 21.3. The summed E-state index contributed by atoms with van der Waals surface area (Å²) in [5, 5.41) is 10.6. The molecule has 17 nitrogen and oxygen atoms in total. The van der Waals surface area contributed by atoms with E-state index in [0.29, 0.717) is 25.7 Å². The van der Waals surface area contributed by atoms with E-state index in [9.17, 15) is 43.2 Å². The van der Waals surface area contributed by atoms with Crippen LogP contribution in [0.15, 0.2) is 0 Å². The summed E-state index contributed by atoms with van der Waals surface area (Å²) in [6.45, 7) is 14.1. The molecule has 0 aliphatic heterocycles. The summed E-state index contributed by atoms with van der Waals surface area (Å²) in [4.78, 5) is 72.7. The smallest absolute Gasteiger partial charge is 0.462 e. The van der Waals surface area contributed by atoms with Crippen LogP contribution < -0.4 is 0 Å². The van der Waals surface area contributed by atoms with Gasteiger partial charge in [-0.3, -0.25) is 37.3 Å². The SMILES string of the molecule is CC(C)CCCCCCCCCCCCCCCC(=O)OC[C@H](COP(=O)(O)OCC(O)COP(=O)(O)OC[C@@H](COC(=O)CCCCCCCCCCC(C)C)OC(=O)CCCCCCCCCCC(C)C)OC(=O)CCCCCCCCCCCCCCC(C)C. The quantitative estimate of drug-likeness (QED) is 0.0222. The molecule has 0 aromatic heterocycles. The highest BCUT2D eigenvalue weighted by Gasteiger charge is 2.30. The number of rotatable bonds is 71. The fourth-order valence-corrected chi connectivity index (χ4v) is 12.8. The van der Waals surface area contributed by atoms with Crippen LogP contribution in [0, 0.1) is 23.7 Å². The van der Waals surface area contributed by atoms with Crippen LogP contribution in [-0.4, -0.2) is 96.7 Å². The van der Waals surface area contributed by atoms with Gasteiger partial charge in [0, 0.05) is 25.7 Å². The Labute approximate surface area is 568 Å². The molecule has 3 N–H and O–H groups in total. The number of phosphoric ester groups is 2. The molecule has 19 heteroatoms. The van der Waals surface area contributed by atoms with E-state index >= 15 is 0 Å². The van der Waals surface area contributed by atoms with E-state index in [1.54, 1.807) is 0 Å². The molecule has 0 saturated heterocycles. The Morgan fingerprint density at radius 2 is 0.452 bits per heavy atom. The van der Waals surface area contributed by atoms with E-state index in [2.05, 4.69) is 55.4 Å². The number of carbonyl (C=O) groups is 4. The second kappa shape index (κ2) is 63.5. The van der Waals surface area contributed by atoms with Gasteiger partial charge in [-0.2, -0.15) is 0 Å². The Hall–Kier alpha value is -1.94. The number of ether oxygens (including phenoxy) is 4. The first-order valence-corrected chi connectivity index (χ1v) is 41.2. The van der Waals surface area contributed by atoms with Crippen LogP contribution in [0.3, 0.4) is 0 Å². The molecule has 0 aliphatic carbocycles. The largest absolute Gasteiger partial charge is 0.472 e. The molecule has 93 heavy (non-hydrogen) atoms. The fraction of sp³-hybridized carbons (Fsp3) is 0.946. The van der Waals surface area contributed by atoms with Crippen molar-refractivity contribution in [3.63, 3.8) is 0 Å². The number of aliphatic hydroxyl groups is 1. The first-order chi connectivity index (χ1) is 44.6. The summed E-state index contributed by atoms with van der Waals surface area (Å²) in [6.07, 6.45) is 47.2. The van der Waals surface area contributed by atoms with Crippen molar-refractivity contribution in [3.05, 3.63) is 0 Å². The summed E-state index contributed by atoms with van der Waals surface area (Å²) in [7, 11) is -9.91. The number of esters is 4. The van der Waals surface area contributed by atoms with Crippen molar-refractivity contribution in [1.29, 1.82) is 0 Å². The second-order valence-electron chi connectivity index (χ2n) is 28.6. The molecule has 0 heterocycles. The van der Waals surface area contributed by atoms with Gasteiger partial charge in [0.05, 0.1) is 26.4 Å². The molecule has 3 unspecified atom stereocenters. The van der Waals surface area contributed by atoms with Crippen LogP contribution in [0.5, 0.6) is 0 Å². The molecule has 0 spiro atoms. The van der Waals surface area contributed by atoms with E-state index in [4.69, 9.17) is 37.0 Å². The third kappa shape index (κ3) is 68.4. The van der Waals surface area contributed by atoms with E-state index in [0.717, 1.165) is 114 Å². The Morgan fingerprint density at radius 1 is 0.269 bits per heavy atom. The van der Waals surface area contributed by atoms with Crippen molar-refractivity contribution >= 4 is 39.5 Å². The molecule has 0 aliphatic rings. The second-order valence-corrected chi connectivity index (χ2v) is 31.5. The maximum atomic E-state index is 13.1. The normalized spacial score (nSPS) is 14.2. The monoisotopic (exact) mass is 1370 g/mol. The number of aliphatic hydroxyl groups excluding tert-OH is 1. The molecule has 0 aromatic rings. The van der Waals surface area contributed by atoms with Crippen molar-refractivity contribution in [3.8, 4) is 0 Å². The maximum absolute atomic E-state index is 13.1. The highest BCUT2D eigenvalue weighted by Crippen LogP contribution is 2.45. The van der Waals surface area contributed by atoms with Crippen LogP contribution in [0.4, 0.5) is 0 Å². The van der Waals surface area contributed by atoms with Crippen molar-refractivity contribution in [2.75, 3.05) is 39.6 Å². The van der Waals surface area contributed by atoms with Crippen LogP contribution in [0.25, 0.3) is 0 Å². The van der Waals surface area contributed by atoms with Gasteiger partial charge in [0.1, 0.15) is 19.3 Å². The van der Waals surface area contributed by atoms with Crippen molar-refractivity contribution in [2.24, 2.45) is 23.7 Å². The average Bonchev–Trinajstić information content (AvgIpc) is 3.72. The van der Waals surface area contributed by atoms with Crippen LogP contribution in [0.2, 0.25) is 0 Å². The first-order valence-electron chi connectivity index (χ1n) is 38.2. The molecule has 552 valence electrons. The van der Waals surface area contributed by atoms with E-state index in [1.165, 1.54) is 173 Å². The molecule has 0 bridgehead atoms. The van der Waals surface area contributed by atoms with Crippen molar-refractivity contribution in [1.82, 2.24) is 0 Å². The topological polar surface area (TPSA) is 237 Å². The molecular weight excluding hydrogens is 1220 g/mol. The van der Waals surface area contributed by atoms with Gasteiger partial charge in [0.2, 0.25) is 0 Å². The van der Waals surface area contributed by atoms with Gasteiger partial charge in [-0.05, 0) is 49.4 Å². The zero-order chi connectivity index (χ0) is 68.9. The van der Waals surface area contributed by atoms with Gasteiger partial charge in [-0.15, -0.1) is 0 Å². The molecule has 0 fully saturated rings. The highest BCUT2D eigenvalue weighted by molar-refractivity contribution is 7.47. The zero-order valence-corrected chi connectivity index (χ0v) is 62.7. The molecule has 0 aromatic carbocycles. The van der Waals surface area contributed by atoms with Gasteiger partial charge >= 0.3 is 39.5 Å². The Balaban J connectivity index is 5.25. The lowest BCUT2D eigenvalue weighted by atomic mass is 10.0. The first kappa shape index (κ1) is 91.1. The molecule has 0 amide bonds. The van der Waals surface area contributed by atoms with Crippen LogP contribution in [-0.2, 0) is 65.4 Å². The van der Waals surface area contributed by atoms with E-state index in [1.807, 2.05) is 0 Å². The predicted molar refractivity (Wildman–Crippen MR) is 377 cm³/mol. The van der Waals surface area contributed by atoms with Crippen LogP contribution in [0.1, 0.15) is 370 Å². The molecule has 0 radical (unpaired) electrons. The minimum Gasteiger partial charge on any atom is -0.462 e. The molecule has 5 atom stereocenters. The molecule has 0 saturated carbocycles. The summed E-state index contributed by atoms with van der Waals surface area (Å²) >= 11 is 0. The van der Waals surface area contributed by atoms with E-state index < -0.39 is 97.5 Å². The van der Waals surface area contributed by atoms with Gasteiger partial charge in [-0.1, -0.05) is 319 Å². The van der Waals surface area contributed by atoms with Gasteiger partial charge in [0.25, 0.3) is 0 Å². The summed E-state index contributed by atoms with van der Waals surface area (Å²) < 4.78 is 68.4. The maximum Gasteiger partial charge on any atom is 0.472 e. The summed E-state index contributed by atoms with van der Waals surface area (Å²) in [5.74, 6) is 0.888. The van der Waals surface area contributed by atoms with Crippen LogP contribution >= 0.6 is 15.6 Å². The Morgan fingerprint density at radius 3 is 0.667 bits per heavy atom. The minimum absolute atomic E-state index is 0.104. The molecular formula is C74H144O17P2. The Bertz CT molecular complexity index is 1830. The highest BCUT2D eigenvalue weighted by atomic mass is 31.2. The lowest BCUT2D eigenvalue weighted by Gasteiger charge is -2.21. The minimum atomic E-state index is -4.96. The van der Waals surface area contributed by atoms with Crippen molar-refractivity contribution in [2.45, 2.75) is 388 Å². The van der Waals surface area contributed by atoms with Gasteiger partial charge in [0.15, 0.2) is 12.2 Å². The third-order valence-corrected chi connectivity index (χ3v) is 19.0. The zero-order valence-electron chi connectivity index (χ0n) is 60.9. The lowest BCUT2D eigenvalue weighted by molar-refractivity contribution is -0.161. The number of hydrogen-bond acceptors (Lipinski definition) is 15. The summed E-state index contributed by atoms with van der Waals surface area (Å²) in [6, 6.07) is 0. The lowest BCUT2D eigenvalue weighted by Crippen LogP contribution is -2.30.